The molecule has 1 fully saturated rings. The van der Waals surface area contributed by atoms with Crippen molar-refractivity contribution in [2.45, 2.75) is 44.8 Å². The summed E-state index contributed by atoms with van der Waals surface area (Å²) in [5.74, 6) is -0.666. The van der Waals surface area contributed by atoms with Crippen LogP contribution in [-0.4, -0.2) is 61.7 Å². The number of carbonyl (C=O) groups is 2. The molecular weight excluding hydrogens is 459 g/mol. The SMILES string of the molecule is C[C@H](NC(=O)C(C)(C)C)C(=O)N1CCN(S(=O)(=O)c2cc(C(F)(F)F)ccc2Cl)CC1. The number of alkyl halides is 3. The second-order valence-electron chi connectivity index (χ2n) is 8.32. The van der Waals surface area contributed by atoms with Crippen LogP contribution in [0.3, 0.4) is 0 Å². The van der Waals surface area contributed by atoms with Crippen molar-refractivity contribution in [2.24, 2.45) is 5.41 Å². The van der Waals surface area contributed by atoms with E-state index < -0.39 is 38.1 Å². The van der Waals surface area contributed by atoms with E-state index in [0.717, 1.165) is 10.4 Å². The number of rotatable bonds is 4. The molecule has 1 N–H and O–H groups in total. The van der Waals surface area contributed by atoms with Crippen molar-refractivity contribution in [1.29, 1.82) is 0 Å². The zero-order valence-electron chi connectivity index (χ0n) is 17.6. The topological polar surface area (TPSA) is 86.8 Å². The number of sulfonamides is 1. The van der Waals surface area contributed by atoms with E-state index in [-0.39, 0.29) is 43.0 Å². The zero-order valence-corrected chi connectivity index (χ0v) is 19.2. The molecule has 0 radical (unpaired) electrons. The number of hydrogen-bond acceptors (Lipinski definition) is 4. The van der Waals surface area contributed by atoms with Crippen LogP contribution in [0.25, 0.3) is 0 Å². The average molecular weight is 484 g/mol. The summed E-state index contributed by atoms with van der Waals surface area (Å²) in [7, 11) is -4.29. The maximum Gasteiger partial charge on any atom is 0.416 e. The van der Waals surface area contributed by atoms with Crippen LogP contribution in [0.1, 0.15) is 33.3 Å². The molecule has 1 aliphatic heterocycles. The van der Waals surface area contributed by atoms with Crippen LogP contribution in [0.4, 0.5) is 13.2 Å². The molecule has 1 aromatic carbocycles. The first-order valence-corrected chi connectivity index (χ1v) is 11.3. The Labute approximate surface area is 184 Å². The molecule has 2 amide bonds. The van der Waals surface area contributed by atoms with Crippen molar-refractivity contribution in [3.8, 4) is 0 Å². The lowest BCUT2D eigenvalue weighted by Crippen LogP contribution is -2.55. The lowest BCUT2D eigenvalue weighted by atomic mass is 9.95. The van der Waals surface area contributed by atoms with Crippen LogP contribution >= 0.6 is 11.6 Å². The van der Waals surface area contributed by atoms with Crippen molar-refractivity contribution >= 4 is 33.4 Å². The van der Waals surface area contributed by atoms with Gasteiger partial charge in [0.15, 0.2) is 0 Å². The minimum atomic E-state index is -4.71. The van der Waals surface area contributed by atoms with E-state index in [1.165, 1.54) is 11.8 Å². The molecule has 2 rings (SSSR count). The molecule has 0 spiro atoms. The smallest absolute Gasteiger partial charge is 0.344 e. The molecule has 0 saturated carbocycles. The molecule has 1 aliphatic rings. The Hall–Kier alpha value is -1.85. The molecule has 1 atom stereocenters. The van der Waals surface area contributed by atoms with E-state index in [0.29, 0.717) is 12.1 Å². The quantitative estimate of drug-likeness (QED) is 0.713. The molecule has 0 aromatic heterocycles. The van der Waals surface area contributed by atoms with Crippen LogP contribution in [0.2, 0.25) is 5.02 Å². The summed E-state index contributed by atoms with van der Waals surface area (Å²) >= 11 is 5.88. The van der Waals surface area contributed by atoms with Gasteiger partial charge in [-0.25, -0.2) is 8.42 Å². The predicted octanol–water partition coefficient (Wildman–Crippen LogP) is 2.74. The van der Waals surface area contributed by atoms with Crippen LogP contribution < -0.4 is 5.32 Å². The molecule has 174 valence electrons. The van der Waals surface area contributed by atoms with Gasteiger partial charge in [-0.2, -0.15) is 17.5 Å². The van der Waals surface area contributed by atoms with E-state index in [1.54, 1.807) is 20.8 Å². The van der Waals surface area contributed by atoms with Gasteiger partial charge in [0.05, 0.1) is 10.6 Å². The largest absolute Gasteiger partial charge is 0.416 e. The highest BCUT2D eigenvalue weighted by Gasteiger charge is 2.36. The highest BCUT2D eigenvalue weighted by atomic mass is 35.5. The standard InChI is InChI=1S/C19H25ClF3N3O4S/c1-12(24-17(28)18(2,3)4)16(27)25-7-9-26(10-8-25)31(29,30)15-11-13(19(21,22)23)5-6-14(15)20/h5-6,11-12H,7-10H2,1-4H3,(H,24,28)/t12-/m0/s1. The van der Waals surface area contributed by atoms with E-state index in [2.05, 4.69) is 5.32 Å². The molecule has 1 saturated heterocycles. The number of hydrogen-bond donors (Lipinski definition) is 1. The predicted molar refractivity (Wildman–Crippen MR) is 109 cm³/mol. The van der Waals surface area contributed by atoms with Gasteiger partial charge in [-0.3, -0.25) is 9.59 Å². The number of carbonyl (C=O) groups excluding carboxylic acids is 2. The van der Waals surface area contributed by atoms with Crippen LogP contribution in [0.5, 0.6) is 0 Å². The van der Waals surface area contributed by atoms with E-state index in [4.69, 9.17) is 11.6 Å². The van der Waals surface area contributed by atoms with Gasteiger partial charge in [0.2, 0.25) is 21.8 Å². The minimum Gasteiger partial charge on any atom is -0.344 e. The van der Waals surface area contributed by atoms with Crippen molar-refractivity contribution in [3.63, 3.8) is 0 Å². The van der Waals surface area contributed by atoms with Gasteiger partial charge >= 0.3 is 6.18 Å². The van der Waals surface area contributed by atoms with Crippen molar-refractivity contribution in [2.75, 3.05) is 26.2 Å². The first-order chi connectivity index (χ1) is 14.0. The summed E-state index contributed by atoms with van der Waals surface area (Å²) < 4.78 is 65.7. The molecule has 1 aromatic rings. The summed E-state index contributed by atoms with van der Waals surface area (Å²) in [4.78, 5) is 25.4. The molecule has 12 heteroatoms. The van der Waals surface area contributed by atoms with Crippen LogP contribution in [-0.2, 0) is 25.8 Å². The molecule has 1 heterocycles. The van der Waals surface area contributed by atoms with Crippen LogP contribution in [0, 0.1) is 5.41 Å². The van der Waals surface area contributed by atoms with Gasteiger partial charge in [-0.05, 0) is 25.1 Å². The average Bonchev–Trinajstić information content (AvgIpc) is 2.65. The monoisotopic (exact) mass is 483 g/mol. The molecule has 0 aliphatic carbocycles. The van der Waals surface area contributed by atoms with Gasteiger partial charge in [0.1, 0.15) is 10.9 Å². The Morgan fingerprint density at radius 2 is 1.65 bits per heavy atom. The number of nitrogens with one attached hydrogen (secondary N) is 1. The van der Waals surface area contributed by atoms with E-state index >= 15 is 0 Å². The molecule has 7 nitrogen and oxygen atoms in total. The number of benzene rings is 1. The van der Waals surface area contributed by atoms with Crippen molar-refractivity contribution in [3.05, 3.63) is 28.8 Å². The van der Waals surface area contributed by atoms with Crippen LogP contribution in [0.15, 0.2) is 23.1 Å². The number of nitrogens with zero attached hydrogens (tertiary/aromatic N) is 2. The number of halogens is 4. The van der Waals surface area contributed by atoms with Gasteiger partial charge < -0.3 is 10.2 Å². The third-order valence-corrected chi connectivity index (χ3v) is 7.21. The maximum absolute atomic E-state index is 13.0. The summed E-state index contributed by atoms with van der Waals surface area (Å²) in [6.45, 7) is 6.51. The summed E-state index contributed by atoms with van der Waals surface area (Å²) in [5.41, 5.74) is -1.79. The first kappa shape index (κ1) is 25.4. The summed E-state index contributed by atoms with van der Waals surface area (Å²) in [6, 6.07) is 1.33. The molecule has 0 bridgehead atoms. The van der Waals surface area contributed by atoms with Gasteiger partial charge in [-0.15, -0.1) is 0 Å². The molecular formula is C19H25ClF3N3O4S. The van der Waals surface area contributed by atoms with Gasteiger partial charge in [0.25, 0.3) is 0 Å². The van der Waals surface area contributed by atoms with Gasteiger partial charge in [-0.1, -0.05) is 32.4 Å². The Morgan fingerprint density at radius 3 is 2.13 bits per heavy atom. The fraction of sp³-hybridized carbons (Fsp3) is 0.579. The second kappa shape index (κ2) is 8.95. The lowest BCUT2D eigenvalue weighted by molar-refractivity contribution is -0.139. The molecule has 31 heavy (non-hydrogen) atoms. The Bertz CT molecular complexity index is 953. The van der Waals surface area contributed by atoms with Crippen molar-refractivity contribution < 1.29 is 31.2 Å². The minimum absolute atomic E-state index is 0.0321. The highest BCUT2D eigenvalue weighted by molar-refractivity contribution is 7.89. The summed E-state index contributed by atoms with van der Waals surface area (Å²) in [6.07, 6.45) is -4.71. The summed E-state index contributed by atoms with van der Waals surface area (Å²) in [5, 5.41) is 2.31. The Balaban J connectivity index is 2.10. The van der Waals surface area contributed by atoms with E-state index in [1.807, 2.05) is 0 Å². The number of piperazine rings is 1. The third kappa shape index (κ3) is 5.89. The second-order valence-corrected chi connectivity index (χ2v) is 10.6. The molecule has 0 unspecified atom stereocenters. The first-order valence-electron chi connectivity index (χ1n) is 9.52. The Morgan fingerprint density at radius 1 is 1.10 bits per heavy atom. The lowest BCUT2D eigenvalue weighted by Gasteiger charge is -2.35. The fourth-order valence-electron chi connectivity index (χ4n) is 2.91. The third-order valence-electron chi connectivity index (χ3n) is 4.83. The fourth-order valence-corrected chi connectivity index (χ4v) is 4.84. The number of amides is 2. The normalized spacial score (nSPS) is 17.4. The van der Waals surface area contributed by atoms with Gasteiger partial charge in [0, 0.05) is 31.6 Å². The van der Waals surface area contributed by atoms with Crippen molar-refractivity contribution in [1.82, 2.24) is 14.5 Å². The Kier molecular flexibility index (Phi) is 7.34. The maximum atomic E-state index is 13.0. The van der Waals surface area contributed by atoms with E-state index in [9.17, 15) is 31.2 Å². The zero-order chi connectivity index (χ0) is 23.8. The highest BCUT2D eigenvalue weighted by Crippen LogP contribution is 2.34.